The lowest BCUT2D eigenvalue weighted by Crippen LogP contribution is -2.39. The average Bonchev–Trinajstić information content (AvgIpc) is 2.61. The summed E-state index contributed by atoms with van der Waals surface area (Å²) in [5, 5.41) is 0. The zero-order valence-corrected chi connectivity index (χ0v) is 12.3. The number of hydrogen-bond acceptors (Lipinski definition) is 3. The van der Waals surface area contributed by atoms with E-state index < -0.39 is 0 Å². The first-order valence-corrected chi connectivity index (χ1v) is 7.43. The third kappa shape index (κ3) is 2.40. The van der Waals surface area contributed by atoms with E-state index in [1.807, 2.05) is 24.0 Å². The Kier molecular flexibility index (Phi) is 3.42. The normalized spacial score (nSPS) is 26.6. The first-order valence-electron chi connectivity index (χ1n) is 7.43. The number of carbonyl (C=O) groups excluding carboxylic acids is 1. The molecule has 2 N–H and O–H groups in total. The molecule has 1 aromatic rings. The summed E-state index contributed by atoms with van der Waals surface area (Å²) in [6, 6.07) is 6.80. The number of aryl methyl sites for hydroxylation is 1. The number of likely N-dealkylation sites (tertiary alicyclic amines) is 1. The third-order valence-electron chi connectivity index (χ3n) is 4.78. The van der Waals surface area contributed by atoms with Gasteiger partial charge in [-0.2, -0.15) is 0 Å². The Morgan fingerprint density at radius 1 is 1.20 bits per heavy atom. The molecule has 0 aliphatic carbocycles. The summed E-state index contributed by atoms with van der Waals surface area (Å²) in [5.74, 6) is 0.126. The van der Waals surface area contributed by atoms with Gasteiger partial charge >= 0.3 is 0 Å². The summed E-state index contributed by atoms with van der Waals surface area (Å²) in [4.78, 5) is 17.2. The van der Waals surface area contributed by atoms with Gasteiger partial charge in [-0.15, -0.1) is 0 Å². The molecule has 2 aliphatic rings. The standard InChI is InChI=1S/C16H23N3O/c1-11-7-12(9-13(17)8-11)16(20)19-6-5-14-3-4-15(10-19)18(14)2/h7-9,14-15H,3-6,10,17H2,1-2H3. The minimum absolute atomic E-state index is 0.126. The van der Waals surface area contributed by atoms with Crippen molar-refractivity contribution in [3.05, 3.63) is 29.3 Å². The average molecular weight is 273 g/mol. The van der Waals surface area contributed by atoms with Gasteiger partial charge < -0.3 is 10.6 Å². The summed E-state index contributed by atoms with van der Waals surface area (Å²) in [7, 11) is 2.20. The highest BCUT2D eigenvalue weighted by Crippen LogP contribution is 2.29. The number of amides is 1. The second-order valence-electron chi connectivity index (χ2n) is 6.22. The first-order chi connectivity index (χ1) is 9.54. The third-order valence-corrected chi connectivity index (χ3v) is 4.78. The Bertz CT molecular complexity index is 508. The van der Waals surface area contributed by atoms with E-state index >= 15 is 0 Å². The zero-order valence-electron chi connectivity index (χ0n) is 12.3. The molecular weight excluding hydrogens is 250 g/mol. The van der Waals surface area contributed by atoms with Crippen LogP contribution in [0.5, 0.6) is 0 Å². The molecule has 2 atom stereocenters. The highest BCUT2D eigenvalue weighted by atomic mass is 16.2. The molecule has 4 heteroatoms. The second-order valence-corrected chi connectivity index (χ2v) is 6.22. The van der Waals surface area contributed by atoms with Crippen LogP contribution in [-0.2, 0) is 0 Å². The Hall–Kier alpha value is -1.55. The van der Waals surface area contributed by atoms with Crippen molar-refractivity contribution in [2.45, 2.75) is 38.3 Å². The number of fused-ring (bicyclic) bond motifs is 2. The van der Waals surface area contributed by atoms with Crippen molar-refractivity contribution < 1.29 is 4.79 Å². The quantitative estimate of drug-likeness (QED) is 0.795. The summed E-state index contributed by atoms with van der Waals surface area (Å²) in [6.07, 6.45) is 3.57. The van der Waals surface area contributed by atoms with Gasteiger partial charge in [0.05, 0.1) is 0 Å². The second kappa shape index (κ2) is 5.09. The van der Waals surface area contributed by atoms with Crippen LogP contribution in [0, 0.1) is 6.92 Å². The molecule has 2 heterocycles. The van der Waals surface area contributed by atoms with Crippen molar-refractivity contribution in [2.24, 2.45) is 0 Å². The molecule has 0 aromatic heterocycles. The molecule has 2 aliphatic heterocycles. The molecule has 0 spiro atoms. The van der Waals surface area contributed by atoms with Crippen LogP contribution in [0.2, 0.25) is 0 Å². The Balaban J connectivity index is 1.80. The van der Waals surface area contributed by atoms with Crippen molar-refractivity contribution in [1.29, 1.82) is 0 Å². The molecule has 0 saturated carbocycles. The lowest BCUT2D eigenvalue weighted by Gasteiger charge is -2.26. The van der Waals surface area contributed by atoms with E-state index in [1.54, 1.807) is 6.07 Å². The monoisotopic (exact) mass is 273 g/mol. The molecule has 0 radical (unpaired) electrons. The molecule has 20 heavy (non-hydrogen) atoms. The smallest absolute Gasteiger partial charge is 0.253 e. The maximum absolute atomic E-state index is 12.7. The van der Waals surface area contributed by atoms with Crippen LogP contribution in [0.3, 0.4) is 0 Å². The van der Waals surface area contributed by atoms with Gasteiger partial charge in [-0.3, -0.25) is 9.69 Å². The van der Waals surface area contributed by atoms with E-state index in [0.717, 1.165) is 30.6 Å². The van der Waals surface area contributed by atoms with Crippen LogP contribution in [0.1, 0.15) is 35.2 Å². The van der Waals surface area contributed by atoms with Crippen LogP contribution < -0.4 is 5.73 Å². The van der Waals surface area contributed by atoms with Gasteiger partial charge in [0.15, 0.2) is 0 Å². The van der Waals surface area contributed by atoms with Crippen molar-refractivity contribution >= 4 is 11.6 Å². The molecular formula is C16H23N3O. The molecule has 3 rings (SSSR count). The highest BCUT2D eigenvalue weighted by molar-refractivity contribution is 5.95. The minimum Gasteiger partial charge on any atom is -0.399 e. The highest BCUT2D eigenvalue weighted by Gasteiger charge is 2.36. The number of rotatable bonds is 1. The molecule has 4 nitrogen and oxygen atoms in total. The van der Waals surface area contributed by atoms with Gasteiger partial charge in [-0.1, -0.05) is 0 Å². The topological polar surface area (TPSA) is 49.6 Å². The van der Waals surface area contributed by atoms with Gasteiger partial charge in [0.25, 0.3) is 5.91 Å². The molecule has 108 valence electrons. The lowest BCUT2D eigenvalue weighted by atomic mass is 10.1. The maximum Gasteiger partial charge on any atom is 0.253 e. The molecule has 2 unspecified atom stereocenters. The number of nitrogen functional groups attached to an aromatic ring is 1. The van der Waals surface area contributed by atoms with Crippen LogP contribution in [0.4, 0.5) is 5.69 Å². The Morgan fingerprint density at radius 2 is 1.95 bits per heavy atom. The van der Waals surface area contributed by atoms with Gasteiger partial charge in [0.2, 0.25) is 0 Å². The molecule has 1 amide bonds. The molecule has 2 saturated heterocycles. The fraction of sp³-hybridized carbons (Fsp3) is 0.562. The van der Waals surface area contributed by atoms with Crippen molar-refractivity contribution in [2.75, 3.05) is 25.9 Å². The summed E-state index contributed by atoms with van der Waals surface area (Å²) < 4.78 is 0. The number of anilines is 1. The van der Waals surface area contributed by atoms with E-state index in [-0.39, 0.29) is 5.91 Å². The van der Waals surface area contributed by atoms with Gasteiger partial charge in [-0.25, -0.2) is 0 Å². The number of nitrogens with two attached hydrogens (primary N) is 1. The largest absolute Gasteiger partial charge is 0.399 e. The van der Waals surface area contributed by atoms with E-state index in [9.17, 15) is 4.79 Å². The number of nitrogens with zero attached hydrogens (tertiary/aromatic N) is 2. The summed E-state index contributed by atoms with van der Waals surface area (Å²) in [5.41, 5.74) is 8.30. The van der Waals surface area contributed by atoms with E-state index in [4.69, 9.17) is 5.73 Å². The number of hydrogen-bond donors (Lipinski definition) is 1. The van der Waals surface area contributed by atoms with E-state index in [2.05, 4.69) is 11.9 Å². The Morgan fingerprint density at radius 3 is 2.70 bits per heavy atom. The lowest BCUT2D eigenvalue weighted by molar-refractivity contribution is 0.0740. The van der Waals surface area contributed by atoms with Gasteiger partial charge in [0, 0.05) is 36.4 Å². The molecule has 1 aromatic carbocycles. The maximum atomic E-state index is 12.7. The number of likely N-dealkylation sites (N-methyl/N-ethyl adjacent to an activating group) is 1. The fourth-order valence-electron chi connectivity index (χ4n) is 3.61. The molecule has 2 fully saturated rings. The summed E-state index contributed by atoms with van der Waals surface area (Å²) in [6.45, 7) is 3.68. The van der Waals surface area contributed by atoms with Crippen LogP contribution >= 0.6 is 0 Å². The van der Waals surface area contributed by atoms with Crippen molar-refractivity contribution in [1.82, 2.24) is 9.80 Å². The van der Waals surface area contributed by atoms with Crippen LogP contribution in [0.25, 0.3) is 0 Å². The number of benzene rings is 1. The van der Waals surface area contributed by atoms with Crippen molar-refractivity contribution in [3.63, 3.8) is 0 Å². The predicted molar refractivity (Wildman–Crippen MR) is 80.7 cm³/mol. The molecule has 2 bridgehead atoms. The zero-order chi connectivity index (χ0) is 14.3. The first kappa shape index (κ1) is 13.4. The van der Waals surface area contributed by atoms with Crippen molar-refractivity contribution in [3.8, 4) is 0 Å². The predicted octanol–water partition coefficient (Wildman–Crippen LogP) is 1.89. The Labute approximate surface area is 120 Å². The van der Waals surface area contributed by atoms with Crippen LogP contribution in [0.15, 0.2) is 18.2 Å². The summed E-state index contributed by atoms with van der Waals surface area (Å²) >= 11 is 0. The van der Waals surface area contributed by atoms with E-state index in [1.165, 1.54) is 12.8 Å². The van der Waals surface area contributed by atoms with E-state index in [0.29, 0.717) is 17.8 Å². The minimum atomic E-state index is 0.126. The van der Waals surface area contributed by atoms with Crippen LogP contribution in [-0.4, -0.2) is 47.9 Å². The van der Waals surface area contributed by atoms with Gasteiger partial charge in [0.1, 0.15) is 0 Å². The number of carbonyl (C=O) groups is 1. The van der Waals surface area contributed by atoms with Gasteiger partial charge in [-0.05, 0) is 57.0 Å². The SMILES string of the molecule is Cc1cc(N)cc(C(=O)N2CCC3CCC(C2)N3C)c1. The fourth-order valence-corrected chi connectivity index (χ4v) is 3.61.